The van der Waals surface area contributed by atoms with E-state index in [1.807, 2.05) is 14.1 Å². The molecule has 18 heavy (non-hydrogen) atoms. The first kappa shape index (κ1) is 14.7. The van der Waals surface area contributed by atoms with Gasteiger partial charge in [0.15, 0.2) is 0 Å². The third-order valence-electron chi connectivity index (χ3n) is 2.92. The molecule has 1 unspecified atom stereocenters. The normalized spacial score (nSPS) is 12.9. The third kappa shape index (κ3) is 4.12. The summed E-state index contributed by atoms with van der Waals surface area (Å²) in [6, 6.07) is 0.337. The van der Waals surface area contributed by atoms with Crippen LogP contribution in [0.2, 0.25) is 0 Å². The summed E-state index contributed by atoms with van der Waals surface area (Å²) in [6.45, 7) is 3.62. The van der Waals surface area contributed by atoms with Crippen molar-refractivity contribution in [3.63, 3.8) is 0 Å². The molecule has 0 aliphatic heterocycles. The number of rotatable bonds is 7. The first-order chi connectivity index (χ1) is 8.41. The van der Waals surface area contributed by atoms with Crippen molar-refractivity contribution in [3.8, 4) is 0 Å². The van der Waals surface area contributed by atoms with Gasteiger partial charge in [0.2, 0.25) is 0 Å². The highest BCUT2D eigenvalue weighted by Crippen LogP contribution is 2.07. The Labute approximate surface area is 108 Å². The Morgan fingerprint density at radius 1 is 1.61 bits per heavy atom. The fourth-order valence-corrected chi connectivity index (χ4v) is 1.68. The Balaban J connectivity index is 2.52. The molecule has 0 aromatic carbocycles. The fourth-order valence-electron chi connectivity index (χ4n) is 1.68. The first-order valence-corrected chi connectivity index (χ1v) is 6.04. The maximum Gasteiger partial charge on any atom is 0.339 e. The lowest BCUT2D eigenvalue weighted by Gasteiger charge is -2.17. The minimum absolute atomic E-state index is 0.268. The van der Waals surface area contributed by atoms with E-state index in [2.05, 4.69) is 22.2 Å². The van der Waals surface area contributed by atoms with Crippen molar-refractivity contribution in [2.45, 2.75) is 25.9 Å². The zero-order valence-electron chi connectivity index (χ0n) is 11.5. The molecule has 0 fully saturated rings. The van der Waals surface area contributed by atoms with Gasteiger partial charge in [0.05, 0.1) is 11.9 Å². The summed E-state index contributed by atoms with van der Waals surface area (Å²) < 4.78 is 1.61. The molecule has 1 aromatic heterocycles. The molecule has 0 amide bonds. The standard InChI is InChI=1S/C12H22N4O2/c1-9(5-6-15(2)3)13-8-11-10(12(17)18)7-14-16(11)4/h7,9,13H,5-6,8H2,1-4H3,(H,17,18). The van der Waals surface area contributed by atoms with E-state index in [-0.39, 0.29) is 5.56 Å². The minimum atomic E-state index is -0.930. The molecular weight excluding hydrogens is 232 g/mol. The monoisotopic (exact) mass is 254 g/mol. The molecule has 6 nitrogen and oxygen atoms in total. The quantitative estimate of drug-likeness (QED) is 0.743. The molecule has 0 saturated heterocycles. The maximum absolute atomic E-state index is 11.0. The Morgan fingerprint density at radius 2 is 2.28 bits per heavy atom. The molecule has 0 aliphatic rings. The number of carboxylic acid groups (broad SMARTS) is 1. The van der Waals surface area contributed by atoms with Crippen molar-refractivity contribution >= 4 is 5.97 Å². The van der Waals surface area contributed by atoms with Crippen molar-refractivity contribution in [1.29, 1.82) is 0 Å². The van der Waals surface area contributed by atoms with Crippen LogP contribution in [0.4, 0.5) is 0 Å². The highest BCUT2D eigenvalue weighted by molar-refractivity contribution is 5.88. The van der Waals surface area contributed by atoms with E-state index in [4.69, 9.17) is 5.11 Å². The Kier molecular flexibility index (Phi) is 5.30. The molecule has 0 saturated carbocycles. The second kappa shape index (κ2) is 6.51. The van der Waals surface area contributed by atoms with Crippen LogP contribution >= 0.6 is 0 Å². The molecule has 1 atom stereocenters. The molecule has 0 bridgehead atoms. The van der Waals surface area contributed by atoms with Crippen LogP contribution in [-0.4, -0.2) is 52.4 Å². The van der Waals surface area contributed by atoms with Gasteiger partial charge in [-0.2, -0.15) is 5.10 Å². The number of nitrogens with zero attached hydrogens (tertiary/aromatic N) is 3. The lowest BCUT2D eigenvalue weighted by atomic mass is 10.2. The van der Waals surface area contributed by atoms with E-state index in [1.165, 1.54) is 6.20 Å². The van der Waals surface area contributed by atoms with Crippen LogP contribution in [0, 0.1) is 0 Å². The number of hydrogen-bond donors (Lipinski definition) is 2. The molecule has 2 N–H and O–H groups in total. The zero-order valence-corrected chi connectivity index (χ0v) is 11.5. The second-order valence-electron chi connectivity index (χ2n) is 4.81. The van der Waals surface area contributed by atoms with E-state index in [1.54, 1.807) is 11.7 Å². The van der Waals surface area contributed by atoms with Crippen molar-refractivity contribution in [3.05, 3.63) is 17.5 Å². The maximum atomic E-state index is 11.0. The summed E-state index contributed by atoms with van der Waals surface area (Å²) in [5, 5.41) is 16.3. The number of hydrogen-bond acceptors (Lipinski definition) is 4. The topological polar surface area (TPSA) is 70.4 Å². The van der Waals surface area contributed by atoms with E-state index in [0.717, 1.165) is 13.0 Å². The lowest BCUT2D eigenvalue weighted by Crippen LogP contribution is -2.30. The van der Waals surface area contributed by atoms with Crippen molar-refractivity contribution in [2.24, 2.45) is 7.05 Å². The molecular formula is C12H22N4O2. The summed E-state index contributed by atoms with van der Waals surface area (Å²) in [6.07, 6.45) is 2.41. The highest BCUT2D eigenvalue weighted by atomic mass is 16.4. The molecule has 6 heteroatoms. The van der Waals surface area contributed by atoms with Crippen LogP contribution in [0.5, 0.6) is 0 Å². The minimum Gasteiger partial charge on any atom is -0.478 e. The molecule has 1 aromatic rings. The number of aryl methyl sites for hydroxylation is 1. The van der Waals surface area contributed by atoms with E-state index < -0.39 is 5.97 Å². The van der Waals surface area contributed by atoms with Crippen LogP contribution < -0.4 is 5.32 Å². The second-order valence-corrected chi connectivity index (χ2v) is 4.81. The number of carbonyl (C=O) groups is 1. The summed E-state index contributed by atoms with van der Waals surface area (Å²) in [5.41, 5.74) is 0.976. The number of aromatic carboxylic acids is 1. The average Bonchev–Trinajstić information content (AvgIpc) is 2.65. The molecule has 1 rings (SSSR count). The van der Waals surface area contributed by atoms with Gasteiger partial charge in [0.25, 0.3) is 0 Å². The van der Waals surface area contributed by atoms with Gasteiger partial charge < -0.3 is 15.3 Å². The summed E-state index contributed by atoms with van der Waals surface area (Å²) >= 11 is 0. The Hall–Kier alpha value is -1.40. The number of nitrogens with one attached hydrogen (secondary N) is 1. The van der Waals surface area contributed by atoms with Gasteiger partial charge >= 0.3 is 5.97 Å². The molecule has 1 heterocycles. The number of aromatic nitrogens is 2. The SMILES string of the molecule is CC(CCN(C)C)NCc1c(C(=O)O)cnn1C. The van der Waals surface area contributed by atoms with E-state index in [9.17, 15) is 4.79 Å². The average molecular weight is 254 g/mol. The Bertz CT molecular complexity index is 401. The molecule has 0 spiro atoms. The largest absolute Gasteiger partial charge is 0.478 e. The zero-order chi connectivity index (χ0) is 13.7. The van der Waals surface area contributed by atoms with E-state index >= 15 is 0 Å². The Morgan fingerprint density at radius 3 is 2.83 bits per heavy atom. The fraction of sp³-hybridized carbons (Fsp3) is 0.667. The van der Waals surface area contributed by atoms with Gasteiger partial charge in [-0.05, 0) is 34.0 Å². The van der Waals surface area contributed by atoms with Gasteiger partial charge in [0, 0.05) is 19.6 Å². The van der Waals surface area contributed by atoms with Gasteiger partial charge in [-0.1, -0.05) is 0 Å². The first-order valence-electron chi connectivity index (χ1n) is 6.04. The smallest absolute Gasteiger partial charge is 0.339 e. The molecule has 0 aliphatic carbocycles. The molecule has 0 radical (unpaired) electrons. The third-order valence-corrected chi connectivity index (χ3v) is 2.92. The lowest BCUT2D eigenvalue weighted by molar-refractivity contribution is 0.0695. The molecule has 102 valence electrons. The predicted octanol–water partition coefficient (Wildman–Crippen LogP) is 0.548. The van der Waals surface area contributed by atoms with Gasteiger partial charge in [-0.15, -0.1) is 0 Å². The summed E-state index contributed by atoms with van der Waals surface area (Å²) in [5.74, 6) is -0.930. The van der Waals surface area contributed by atoms with Crippen molar-refractivity contribution < 1.29 is 9.90 Å². The number of carboxylic acids is 1. The van der Waals surface area contributed by atoms with Gasteiger partial charge in [-0.3, -0.25) is 4.68 Å². The van der Waals surface area contributed by atoms with Crippen LogP contribution in [0.1, 0.15) is 29.4 Å². The van der Waals surface area contributed by atoms with Gasteiger partial charge in [-0.25, -0.2) is 4.79 Å². The van der Waals surface area contributed by atoms with Crippen LogP contribution in [-0.2, 0) is 13.6 Å². The van der Waals surface area contributed by atoms with Crippen LogP contribution in [0.3, 0.4) is 0 Å². The van der Waals surface area contributed by atoms with Crippen molar-refractivity contribution in [1.82, 2.24) is 20.0 Å². The van der Waals surface area contributed by atoms with Gasteiger partial charge in [0.1, 0.15) is 5.56 Å². The van der Waals surface area contributed by atoms with Crippen LogP contribution in [0.15, 0.2) is 6.20 Å². The predicted molar refractivity (Wildman–Crippen MR) is 69.6 cm³/mol. The highest BCUT2D eigenvalue weighted by Gasteiger charge is 2.15. The summed E-state index contributed by atoms with van der Waals surface area (Å²) in [7, 11) is 5.83. The van der Waals surface area contributed by atoms with Crippen molar-refractivity contribution in [2.75, 3.05) is 20.6 Å². The van der Waals surface area contributed by atoms with E-state index in [0.29, 0.717) is 18.3 Å². The van der Waals surface area contributed by atoms with Crippen LogP contribution in [0.25, 0.3) is 0 Å². The summed E-state index contributed by atoms with van der Waals surface area (Å²) in [4.78, 5) is 13.1.